The Morgan fingerprint density at radius 2 is 2.22 bits per heavy atom. The smallest absolute Gasteiger partial charge is 0.345 e. The number of ether oxygens (including phenoxy) is 1. The minimum atomic E-state index is -2.70. The van der Waals surface area contributed by atoms with Gasteiger partial charge in [0.1, 0.15) is 11.6 Å². The first-order valence-corrected chi connectivity index (χ1v) is 6.07. The molecule has 0 N–H and O–H groups in total. The van der Waals surface area contributed by atoms with E-state index in [-0.39, 0.29) is 5.92 Å². The van der Waals surface area contributed by atoms with E-state index in [0.29, 0.717) is 19.5 Å². The number of rotatable bonds is 4. The fourth-order valence-corrected chi connectivity index (χ4v) is 2.01. The van der Waals surface area contributed by atoms with E-state index in [0.717, 1.165) is 11.6 Å². The molecule has 0 amide bonds. The van der Waals surface area contributed by atoms with Crippen molar-refractivity contribution in [2.75, 3.05) is 18.0 Å². The first kappa shape index (κ1) is 13.1. The maximum absolute atomic E-state index is 12.1. The summed E-state index contributed by atoms with van der Waals surface area (Å²) >= 11 is 0. The van der Waals surface area contributed by atoms with Gasteiger partial charge in [-0.15, -0.1) is 0 Å². The molecule has 0 unspecified atom stereocenters. The number of anilines is 1. The van der Waals surface area contributed by atoms with E-state index in [1.54, 1.807) is 12.3 Å². The van der Waals surface area contributed by atoms with Crippen LogP contribution in [0.5, 0.6) is 0 Å². The highest BCUT2D eigenvalue weighted by Gasteiger charge is 2.26. The van der Waals surface area contributed by atoms with Crippen LogP contribution in [0.1, 0.15) is 32.0 Å². The van der Waals surface area contributed by atoms with Crippen molar-refractivity contribution in [1.29, 1.82) is 0 Å². The van der Waals surface area contributed by atoms with Gasteiger partial charge in [0.05, 0.1) is 6.10 Å². The van der Waals surface area contributed by atoms with Crippen molar-refractivity contribution in [2.45, 2.75) is 38.9 Å². The van der Waals surface area contributed by atoms with Gasteiger partial charge >= 0.3 is 6.61 Å². The number of alkyl halides is 2. The molecule has 1 saturated heterocycles. The second-order valence-electron chi connectivity index (χ2n) is 4.68. The molecule has 2 heterocycles. The van der Waals surface area contributed by atoms with E-state index < -0.39 is 12.7 Å². The summed E-state index contributed by atoms with van der Waals surface area (Å²) in [6, 6.07) is 1.80. The van der Waals surface area contributed by atoms with Crippen LogP contribution in [0, 0.1) is 0 Å². The second-order valence-corrected chi connectivity index (χ2v) is 4.68. The minimum absolute atomic E-state index is 0.251. The summed E-state index contributed by atoms with van der Waals surface area (Å²) in [6.45, 7) is 2.48. The lowest BCUT2D eigenvalue weighted by Crippen LogP contribution is -2.25. The third kappa shape index (κ3) is 3.13. The molecule has 1 aliphatic rings. The van der Waals surface area contributed by atoms with Crippen molar-refractivity contribution in [3.63, 3.8) is 0 Å². The fourth-order valence-electron chi connectivity index (χ4n) is 2.01. The molecule has 1 aromatic rings. The van der Waals surface area contributed by atoms with Crippen LogP contribution in [0.4, 0.5) is 14.6 Å². The first-order valence-electron chi connectivity index (χ1n) is 6.07. The Balaban J connectivity index is 2.02. The van der Waals surface area contributed by atoms with Crippen LogP contribution < -0.4 is 4.90 Å². The molecule has 6 heteroatoms. The quantitative estimate of drug-likeness (QED) is 0.830. The number of aromatic nitrogens is 2. The third-order valence-corrected chi connectivity index (χ3v) is 2.94. The molecule has 0 saturated carbocycles. The van der Waals surface area contributed by atoms with Gasteiger partial charge in [0.25, 0.3) is 0 Å². The van der Waals surface area contributed by atoms with E-state index in [2.05, 4.69) is 14.7 Å². The summed E-state index contributed by atoms with van der Waals surface area (Å²) in [6.07, 6.45) is 1.90. The van der Waals surface area contributed by atoms with E-state index in [9.17, 15) is 8.78 Å². The Labute approximate surface area is 105 Å². The average Bonchev–Trinajstić information content (AvgIpc) is 2.77. The standard InChI is InChI=1S/C12H17F2N3O/c1-8(2)11-15-5-3-10(16-11)17-6-4-9(7-17)18-12(13)14/h3,5,8-9,12H,4,6-7H2,1-2H3/t9-/m0/s1. The van der Waals surface area contributed by atoms with Crippen LogP contribution >= 0.6 is 0 Å². The maximum Gasteiger partial charge on any atom is 0.345 e. The van der Waals surface area contributed by atoms with Crippen molar-refractivity contribution in [3.05, 3.63) is 18.1 Å². The van der Waals surface area contributed by atoms with Crippen molar-refractivity contribution in [2.24, 2.45) is 0 Å². The van der Waals surface area contributed by atoms with Gasteiger partial charge in [0, 0.05) is 25.2 Å². The molecule has 4 nitrogen and oxygen atoms in total. The Bertz CT molecular complexity index is 401. The van der Waals surface area contributed by atoms with Crippen molar-refractivity contribution in [1.82, 2.24) is 9.97 Å². The zero-order chi connectivity index (χ0) is 13.1. The van der Waals surface area contributed by atoms with Gasteiger partial charge in [-0.2, -0.15) is 8.78 Å². The largest absolute Gasteiger partial charge is 0.354 e. The molecular weight excluding hydrogens is 240 g/mol. The van der Waals surface area contributed by atoms with Crippen LogP contribution in [0.3, 0.4) is 0 Å². The highest BCUT2D eigenvalue weighted by molar-refractivity contribution is 5.39. The van der Waals surface area contributed by atoms with Gasteiger partial charge in [-0.05, 0) is 12.5 Å². The molecule has 0 spiro atoms. The Kier molecular flexibility index (Phi) is 4.06. The number of halogens is 2. The van der Waals surface area contributed by atoms with Crippen molar-refractivity contribution >= 4 is 5.82 Å². The molecular formula is C12H17F2N3O. The predicted octanol–water partition coefficient (Wildman–Crippen LogP) is 2.42. The summed E-state index contributed by atoms with van der Waals surface area (Å²) in [7, 11) is 0. The zero-order valence-corrected chi connectivity index (χ0v) is 10.5. The van der Waals surface area contributed by atoms with Crippen molar-refractivity contribution in [3.8, 4) is 0 Å². The van der Waals surface area contributed by atoms with E-state index in [4.69, 9.17) is 0 Å². The molecule has 1 aromatic heterocycles. The van der Waals surface area contributed by atoms with Crippen LogP contribution in [-0.2, 0) is 4.74 Å². The highest BCUT2D eigenvalue weighted by atomic mass is 19.3. The molecule has 0 radical (unpaired) electrons. The summed E-state index contributed by atoms with van der Waals surface area (Å²) in [5.41, 5.74) is 0. The van der Waals surface area contributed by atoms with Crippen LogP contribution in [0.15, 0.2) is 12.3 Å². The molecule has 1 atom stereocenters. The zero-order valence-electron chi connectivity index (χ0n) is 10.5. The van der Waals surface area contributed by atoms with Gasteiger partial charge < -0.3 is 9.64 Å². The van der Waals surface area contributed by atoms with E-state index >= 15 is 0 Å². The second kappa shape index (κ2) is 5.56. The highest BCUT2D eigenvalue weighted by Crippen LogP contribution is 2.22. The van der Waals surface area contributed by atoms with E-state index in [1.165, 1.54) is 0 Å². The average molecular weight is 257 g/mol. The monoisotopic (exact) mass is 257 g/mol. The molecule has 0 aromatic carbocycles. The fraction of sp³-hybridized carbons (Fsp3) is 0.667. The van der Waals surface area contributed by atoms with E-state index in [1.807, 2.05) is 18.7 Å². The summed E-state index contributed by atoms with van der Waals surface area (Å²) in [5.74, 6) is 1.81. The predicted molar refractivity (Wildman–Crippen MR) is 63.8 cm³/mol. The normalized spacial score (nSPS) is 20.1. The first-order chi connectivity index (χ1) is 8.56. The number of hydrogen-bond donors (Lipinski definition) is 0. The topological polar surface area (TPSA) is 38.2 Å². The lowest BCUT2D eigenvalue weighted by molar-refractivity contribution is -0.156. The van der Waals surface area contributed by atoms with Crippen LogP contribution in [0.2, 0.25) is 0 Å². The third-order valence-electron chi connectivity index (χ3n) is 2.94. The van der Waals surface area contributed by atoms with Gasteiger partial charge in [-0.1, -0.05) is 13.8 Å². The summed E-state index contributed by atoms with van der Waals surface area (Å²) in [4.78, 5) is 10.6. The van der Waals surface area contributed by atoms with Crippen LogP contribution in [-0.4, -0.2) is 35.8 Å². The number of nitrogens with zero attached hydrogens (tertiary/aromatic N) is 3. The minimum Gasteiger partial charge on any atom is -0.354 e. The molecule has 2 rings (SSSR count). The molecule has 0 aliphatic carbocycles. The summed E-state index contributed by atoms with van der Waals surface area (Å²) in [5, 5.41) is 0. The molecule has 100 valence electrons. The van der Waals surface area contributed by atoms with Crippen molar-refractivity contribution < 1.29 is 13.5 Å². The SMILES string of the molecule is CC(C)c1nccc(N2CC[C@H](OC(F)F)C2)n1. The van der Waals surface area contributed by atoms with Gasteiger partial charge in [0.15, 0.2) is 0 Å². The maximum atomic E-state index is 12.1. The van der Waals surface area contributed by atoms with Crippen LogP contribution in [0.25, 0.3) is 0 Å². The summed E-state index contributed by atoms with van der Waals surface area (Å²) < 4.78 is 28.8. The Morgan fingerprint density at radius 3 is 2.89 bits per heavy atom. The van der Waals surface area contributed by atoms with Gasteiger partial charge in [-0.3, -0.25) is 0 Å². The molecule has 0 bridgehead atoms. The Hall–Kier alpha value is -1.30. The molecule has 1 aliphatic heterocycles. The molecule has 1 fully saturated rings. The molecule has 18 heavy (non-hydrogen) atoms. The number of hydrogen-bond acceptors (Lipinski definition) is 4. The van der Waals surface area contributed by atoms with Gasteiger partial charge in [-0.25, -0.2) is 9.97 Å². The van der Waals surface area contributed by atoms with Gasteiger partial charge in [0.2, 0.25) is 0 Å². The lowest BCUT2D eigenvalue weighted by Gasteiger charge is -2.18. The lowest BCUT2D eigenvalue weighted by atomic mass is 10.2. The Morgan fingerprint density at radius 1 is 1.44 bits per heavy atom.